The molecule has 1 amide bonds. The number of carbonyl (C=O) groups is 1. The van der Waals surface area contributed by atoms with Crippen molar-refractivity contribution in [1.82, 2.24) is 0 Å². The molecule has 0 radical (unpaired) electrons. The Morgan fingerprint density at radius 3 is 2.84 bits per heavy atom. The lowest BCUT2D eigenvalue weighted by molar-refractivity contribution is -0.121. The Morgan fingerprint density at radius 2 is 2.05 bits per heavy atom. The van der Waals surface area contributed by atoms with E-state index < -0.39 is 0 Å². The third-order valence-corrected chi connectivity index (χ3v) is 3.41. The highest BCUT2D eigenvalue weighted by molar-refractivity contribution is 5.98. The Bertz CT molecular complexity index is 446. The summed E-state index contributed by atoms with van der Waals surface area (Å²) in [4.78, 5) is 13.8. The quantitative estimate of drug-likeness (QED) is 0.633. The van der Waals surface area contributed by atoms with Crippen molar-refractivity contribution in [2.45, 2.75) is 39.0 Å². The number of rotatable bonds is 6. The minimum Gasteiger partial charge on any atom is -0.482 e. The van der Waals surface area contributed by atoms with Crippen molar-refractivity contribution in [3.63, 3.8) is 0 Å². The van der Waals surface area contributed by atoms with Crippen LogP contribution in [0.25, 0.3) is 0 Å². The summed E-state index contributed by atoms with van der Waals surface area (Å²) in [6.45, 7) is 3.08. The number of hydrogen-bond acceptors (Lipinski definition) is 3. The number of fused-ring (bicyclic) bond motifs is 1. The van der Waals surface area contributed by atoms with Crippen LogP contribution in [-0.4, -0.2) is 19.1 Å². The molecule has 0 aromatic heterocycles. The summed E-state index contributed by atoms with van der Waals surface area (Å²) < 4.78 is 5.42. The van der Waals surface area contributed by atoms with Crippen molar-refractivity contribution in [3.8, 4) is 5.75 Å². The SMILES string of the molecule is CCCCCCCN1C(=O)COc2ccc(N)cc21. The normalized spacial score (nSPS) is 14.2. The lowest BCUT2D eigenvalue weighted by Crippen LogP contribution is -2.39. The molecule has 0 saturated heterocycles. The number of nitrogen functional groups attached to an aromatic ring is 1. The van der Waals surface area contributed by atoms with Crippen LogP contribution in [0.4, 0.5) is 11.4 Å². The topological polar surface area (TPSA) is 55.6 Å². The molecule has 0 atom stereocenters. The van der Waals surface area contributed by atoms with Gasteiger partial charge in [-0.05, 0) is 24.6 Å². The van der Waals surface area contributed by atoms with Crippen LogP contribution in [0.3, 0.4) is 0 Å². The highest BCUT2D eigenvalue weighted by Crippen LogP contribution is 2.33. The molecule has 0 fully saturated rings. The van der Waals surface area contributed by atoms with Gasteiger partial charge in [-0.15, -0.1) is 0 Å². The fraction of sp³-hybridized carbons (Fsp3) is 0.533. The lowest BCUT2D eigenvalue weighted by atomic mass is 10.1. The molecule has 0 spiro atoms. The molecule has 19 heavy (non-hydrogen) atoms. The van der Waals surface area contributed by atoms with E-state index in [1.165, 1.54) is 19.3 Å². The van der Waals surface area contributed by atoms with Crippen molar-refractivity contribution < 1.29 is 9.53 Å². The summed E-state index contributed by atoms with van der Waals surface area (Å²) in [5, 5.41) is 0. The van der Waals surface area contributed by atoms with Crippen LogP contribution < -0.4 is 15.4 Å². The molecule has 4 heteroatoms. The summed E-state index contributed by atoms with van der Waals surface area (Å²) in [6.07, 6.45) is 5.92. The van der Waals surface area contributed by atoms with E-state index in [1.807, 2.05) is 12.1 Å². The third-order valence-electron chi connectivity index (χ3n) is 3.41. The van der Waals surface area contributed by atoms with E-state index in [0.29, 0.717) is 5.69 Å². The fourth-order valence-corrected chi connectivity index (χ4v) is 2.34. The van der Waals surface area contributed by atoms with Crippen LogP contribution in [0.5, 0.6) is 5.75 Å². The molecule has 1 aliphatic heterocycles. The zero-order valence-corrected chi connectivity index (χ0v) is 11.5. The number of anilines is 2. The Morgan fingerprint density at radius 1 is 1.26 bits per heavy atom. The number of unbranched alkanes of at least 4 members (excludes halogenated alkanes) is 4. The average Bonchev–Trinajstić information content (AvgIpc) is 2.40. The zero-order chi connectivity index (χ0) is 13.7. The van der Waals surface area contributed by atoms with Gasteiger partial charge in [-0.2, -0.15) is 0 Å². The third kappa shape index (κ3) is 3.40. The van der Waals surface area contributed by atoms with Gasteiger partial charge in [0.2, 0.25) is 0 Å². The van der Waals surface area contributed by atoms with Gasteiger partial charge in [0.25, 0.3) is 5.91 Å². The van der Waals surface area contributed by atoms with Crippen molar-refractivity contribution in [2.75, 3.05) is 23.8 Å². The largest absolute Gasteiger partial charge is 0.482 e. The molecule has 0 aliphatic carbocycles. The van der Waals surface area contributed by atoms with Gasteiger partial charge in [0.1, 0.15) is 5.75 Å². The molecule has 2 rings (SSSR count). The van der Waals surface area contributed by atoms with E-state index >= 15 is 0 Å². The molecule has 1 aromatic rings. The fourth-order valence-electron chi connectivity index (χ4n) is 2.34. The van der Waals surface area contributed by atoms with Crippen molar-refractivity contribution in [1.29, 1.82) is 0 Å². The Kier molecular flexibility index (Phi) is 4.66. The Balaban J connectivity index is 1.99. The monoisotopic (exact) mass is 262 g/mol. The van der Waals surface area contributed by atoms with Crippen LogP contribution >= 0.6 is 0 Å². The second-order valence-electron chi connectivity index (χ2n) is 4.98. The summed E-state index contributed by atoms with van der Waals surface area (Å²) in [5.74, 6) is 0.774. The standard InChI is InChI=1S/C15H22N2O2/c1-2-3-4-5-6-9-17-13-10-12(16)7-8-14(13)19-11-15(17)18/h7-8,10H,2-6,9,11,16H2,1H3. The molecule has 1 aromatic carbocycles. The van der Waals surface area contributed by atoms with Gasteiger partial charge < -0.3 is 15.4 Å². The first-order valence-electron chi connectivity index (χ1n) is 7.05. The van der Waals surface area contributed by atoms with Crippen molar-refractivity contribution >= 4 is 17.3 Å². The van der Waals surface area contributed by atoms with E-state index in [4.69, 9.17) is 10.5 Å². The van der Waals surface area contributed by atoms with Crippen LogP contribution in [0.15, 0.2) is 18.2 Å². The molecule has 0 unspecified atom stereocenters. The number of hydrogen-bond donors (Lipinski definition) is 1. The minimum atomic E-state index is 0.0218. The Labute approximate surface area is 114 Å². The van der Waals surface area contributed by atoms with Crippen LogP contribution in [0.2, 0.25) is 0 Å². The van der Waals surface area contributed by atoms with Crippen LogP contribution in [0.1, 0.15) is 39.0 Å². The van der Waals surface area contributed by atoms with Crippen molar-refractivity contribution in [2.24, 2.45) is 0 Å². The van der Waals surface area contributed by atoms with Crippen molar-refractivity contribution in [3.05, 3.63) is 18.2 Å². The first kappa shape index (κ1) is 13.7. The maximum atomic E-state index is 11.9. The second kappa shape index (κ2) is 6.45. The average molecular weight is 262 g/mol. The molecule has 0 bridgehead atoms. The molecule has 104 valence electrons. The smallest absolute Gasteiger partial charge is 0.265 e. The lowest BCUT2D eigenvalue weighted by Gasteiger charge is -2.29. The predicted octanol–water partition coefficient (Wildman–Crippen LogP) is 2.96. The van der Waals surface area contributed by atoms with Crippen LogP contribution in [0, 0.1) is 0 Å². The summed E-state index contributed by atoms with van der Waals surface area (Å²) in [7, 11) is 0. The van der Waals surface area contributed by atoms with E-state index in [9.17, 15) is 4.79 Å². The molecule has 4 nitrogen and oxygen atoms in total. The maximum Gasteiger partial charge on any atom is 0.265 e. The van der Waals surface area contributed by atoms with Gasteiger partial charge in [-0.3, -0.25) is 4.79 Å². The van der Waals surface area contributed by atoms with E-state index in [2.05, 4.69) is 6.92 Å². The van der Waals surface area contributed by atoms with Gasteiger partial charge in [-0.1, -0.05) is 32.6 Å². The van der Waals surface area contributed by atoms with E-state index in [1.54, 1.807) is 11.0 Å². The number of benzene rings is 1. The molecule has 2 N–H and O–H groups in total. The van der Waals surface area contributed by atoms with Crippen LogP contribution in [-0.2, 0) is 4.79 Å². The highest BCUT2D eigenvalue weighted by Gasteiger charge is 2.24. The first-order valence-corrected chi connectivity index (χ1v) is 7.05. The molecule has 1 heterocycles. The highest BCUT2D eigenvalue weighted by atomic mass is 16.5. The molecule has 1 aliphatic rings. The molecule has 0 saturated carbocycles. The summed E-state index contributed by atoms with van der Waals surface area (Å²) in [5.41, 5.74) is 7.26. The number of amides is 1. The number of carbonyl (C=O) groups excluding carboxylic acids is 1. The molecular formula is C15H22N2O2. The predicted molar refractivity (Wildman–Crippen MR) is 77.5 cm³/mol. The Hall–Kier alpha value is -1.71. The number of nitrogens with two attached hydrogens (primary N) is 1. The summed E-state index contributed by atoms with van der Waals surface area (Å²) >= 11 is 0. The zero-order valence-electron chi connectivity index (χ0n) is 11.5. The van der Waals surface area contributed by atoms with Gasteiger partial charge in [0, 0.05) is 12.2 Å². The number of nitrogens with zero attached hydrogens (tertiary/aromatic N) is 1. The summed E-state index contributed by atoms with van der Waals surface area (Å²) in [6, 6.07) is 5.45. The minimum absolute atomic E-state index is 0.0218. The first-order chi connectivity index (χ1) is 9.22. The second-order valence-corrected chi connectivity index (χ2v) is 4.98. The van der Waals surface area contributed by atoms with Gasteiger partial charge in [0.15, 0.2) is 6.61 Å². The van der Waals surface area contributed by atoms with Gasteiger partial charge in [-0.25, -0.2) is 0 Å². The number of ether oxygens (including phenoxy) is 1. The molecular weight excluding hydrogens is 240 g/mol. The van der Waals surface area contributed by atoms with E-state index in [0.717, 1.165) is 30.8 Å². The van der Waals surface area contributed by atoms with Gasteiger partial charge in [0.05, 0.1) is 5.69 Å². The maximum absolute atomic E-state index is 11.9. The van der Waals surface area contributed by atoms with E-state index in [-0.39, 0.29) is 12.5 Å². The van der Waals surface area contributed by atoms with Gasteiger partial charge >= 0.3 is 0 Å².